The van der Waals surface area contributed by atoms with E-state index in [-0.39, 0.29) is 0 Å². The maximum atomic E-state index is 5.38. The van der Waals surface area contributed by atoms with Gasteiger partial charge in [0.05, 0.1) is 6.54 Å². The van der Waals surface area contributed by atoms with Gasteiger partial charge in [0, 0.05) is 19.8 Å². The summed E-state index contributed by atoms with van der Waals surface area (Å²) >= 11 is 0. The van der Waals surface area contributed by atoms with Crippen molar-refractivity contribution in [2.24, 2.45) is 5.41 Å². The molecule has 1 saturated heterocycles. The highest BCUT2D eigenvalue weighted by Gasteiger charge is 2.26. The summed E-state index contributed by atoms with van der Waals surface area (Å²) in [4.78, 5) is 4.26. The molecule has 0 aliphatic carbocycles. The van der Waals surface area contributed by atoms with Crippen LogP contribution < -0.4 is 5.32 Å². The predicted molar refractivity (Wildman–Crippen MR) is 61.0 cm³/mol. The van der Waals surface area contributed by atoms with Gasteiger partial charge < -0.3 is 10.1 Å². The number of ether oxygens (including phenoxy) is 1. The molecular formula is C11H20N4O. The molecule has 16 heavy (non-hydrogen) atoms. The first-order chi connectivity index (χ1) is 7.68. The van der Waals surface area contributed by atoms with Gasteiger partial charge >= 0.3 is 0 Å². The van der Waals surface area contributed by atoms with Crippen molar-refractivity contribution in [3.05, 3.63) is 11.6 Å². The van der Waals surface area contributed by atoms with E-state index in [0.717, 1.165) is 50.8 Å². The first-order valence-corrected chi connectivity index (χ1v) is 5.84. The molecule has 90 valence electrons. The van der Waals surface area contributed by atoms with E-state index in [2.05, 4.69) is 27.4 Å². The minimum Gasteiger partial charge on any atom is -0.381 e. The smallest absolute Gasteiger partial charge is 0.164 e. The van der Waals surface area contributed by atoms with Crippen molar-refractivity contribution in [3.8, 4) is 0 Å². The topological polar surface area (TPSA) is 62.8 Å². The molecule has 2 N–H and O–H groups in total. The van der Waals surface area contributed by atoms with Gasteiger partial charge in [0.1, 0.15) is 5.82 Å². The molecule has 0 aromatic carbocycles. The molecule has 1 fully saturated rings. The number of nitrogens with one attached hydrogen (secondary N) is 2. The number of hydrogen-bond donors (Lipinski definition) is 2. The van der Waals surface area contributed by atoms with Crippen LogP contribution in [0, 0.1) is 12.3 Å². The summed E-state index contributed by atoms with van der Waals surface area (Å²) in [5, 5.41) is 10.4. The second-order valence-corrected chi connectivity index (χ2v) is 4.86. The lowest BCUT2D eigenvalue weighted by Crippen LogP contribution is -2.36. The third-order valence-corrected chi connectivity index (χ3v) is 3.18. The van der Waals surface area contributed by atoms with Gasteiger partial charge in [-0.2, -0.15) is 5.10 Å². The van der Waals surface area contributed by atoms with Crippen molar-refractivity contribution in [3.63, 3.8) is 0 Å². The Kier molecular flexibility index (Phi) is 3.56. The number of nitrogens with zero attached hydrogens (tertiary/aromatic N) is 2. The van der Waals surface area contributed by atoms with Gasteiger partial charge in [0.25, 0.3) is 0 Å². The molecule has 0 bridgehead atoms. The summed E-state index contributed by atoms with van der Waals surface area (Å²) in [5.74, 6) is 1.71. The molecule has 0 unspecified atom stereocenters. The monoisotopic (exact) mass is 224 g/mol. The lowest BCUT2D eigenvalue weighted by Gasteiger charge is -2.33. The Morgan fingerprint density at radius 2 is 2.19 bits per heavy atom. The molecule has 5 nitrogen and oxygen atoms in total. The summed E-state index contributed by atoms with van der Waals surface area (Å²) in [7, 11) is 0. The van der Waals surface area contributed by atoms with Gasteiger partial charge in [0.2, 0.25) is 0 Å². The zero-order valence-electron chi connectivity index (χ0n) is 10.0. The Morgan fingerprint density at radius 3 is 2.81 bits per heavy atom. The predicted octanol–water partition coefficient (Wildman–Crippen LogP) is 1.02. The Bertz CT molecular complexity index is 330. The summed E-state index contributed by atoms with van der Waals surface area (Å²) in [6, 6.07) is 0. The lowest BCUT2D eigenvalue weighted by atomic mass is 9.82. The van der Waals surface area contributed by atoms with Gasteiger partial charge in [-0.25, -0.2) is 4.98 Å². The zero-order chi connectivity index (χ0) is 11.4. The van der Waals surface area contributed by atoms with Crippen LogP contribution in [0.4, 0.5) is 0 Å². The third-order valence-electron chi connectivity index (χ3n) is 3.18. The van der Waals surface area contributed by atoms with E-state index in [1.807, 2.05) is 6.92 Å². The van der Waals surface area contributed by atoms with Crippen LogP contribution in [0.25, 0.3) is 0 Å². The maximum absolute atomic E-state index is 5.38. The van der Waals surface area contributed by atoms with Crippen LogP contribution in [0.2, 0.25) is 0 Å². The first kappa shape index (κ1) is 11.5. The zero-order valence-corrected chi connectivity index (χ0v) is 10.0. The van der Waals surface area contributed by atoms with Crippen LogP contribution in [0.15, 0.2) is 0 Å². The average Bonchev–Trinajstić information content (AvgIpc) is 2.65. The molecule has 1 aromatic heterocycles. The van der Waals surface area contributed by atoms with Crippen molar-refractivity contribution in [2.45, 2.75) is 33.2 Å². The molecule has 2 heterocycles. The van der Waals surface area contributed by atoms with E-state index in [1.165, 1.54) is 0 Å². The van der Waals surface area contributed by atoms with Gasteiger partial charge in [-0.3, -0.25) is 5.10 Å². The van der Waals surface area contributed by atoms with Crippen LogP contribution in [0.1, 0.15) is 31.4 Å². The van der Waals surface area contributed by atoms with Crippen LogP contribution >= 0.6 is 0 Å². The van der Waals surface area contributed by atoms with E-state index in [4.69, 9.17) is 4.74 Å². The highest BCUT2D eigenvalue weighted by Crippen LogP contribution is 2.28. The Balaban J connectivity index is 1.74. The Hall–Kier alpha value is -0.940. The molecule has 2 rings (SSSR count). The van der Waals surface area contributed by atoms with E-state index in [0.29, 0.717) is 5.41 Å². The number of hydrogen-bond acceptors (Lipinski definition) is 4. The first-order valence-electron chi connectivity index (χ1n) is 5.84. The second kappa shape index (κ2) is 4.93. The number of aromatic nitrogens is 3. The minimum absolute atomic E-state index is 0.365. The molecule has 0 atom stereocenters. The molecule has 0 saturated carbocycles. The van der Waals surface area contributed by atoms with E-state index < -0.39 is 0 Å². The fourth-order valence-corrected chi connectivity index (χ4v) is 1.99. The second-order valence-electron chi connectivity index (χ2n) is 4.86. The van der Waals surface area contributed by atoms with Crippen molar-refractivity contribution >= 4 is 0 Å². The molecule has 5 heteroatoms. The van der Waals surface area contributed by atoms with Crippen molar-refractivity contribution in [1.82, 2.24) is 20.5 Å². The largest absolute Gasteiger partial charge is 0.381 e. The average molecular weight is 224 g/mol. The third kappa shape index (κ3) is 3.02. The standard InChI is InChI=1S/C11H20N4O/c1-9-13-10(15-14-9)7-12-8-11(2)3-5-16-6-4-11/h12H,3-8H2,1-2H3,(H,13,14,15). The number of aryl methyl sites for hydroxylation is 1. The van der Waals surface area contributed by atoms with Gasteiger partial charge in [0.15, 0.2) is 5.82 Å². The van der Waals surface area contributed by atoms with E-state index in [9.17, 15) is 0 Å². The minimum atomic E-state index is 0.365. The fourth-order valence-electron chi connectivity index (χ4n) is 1.99. The van der Waals surface area contributed by atoms with Crippen molar-refractivity contribution in [1.29, 1.82) is 0 Å². The van der Waals surface area contributed by atoms with Crippen LogP contribution in [-0.2, 0) is 11.3 Å². The molecule has 0 radical (unpaired) electrons. The maximum Gasteiger partial charge on any atom is 0.164 e. The summed E-state index contributed by atoms with van der Waals surface area (Å²) in [6.45, 7) is 7.74. The quantitative estimate of drug-likeness (QED) is 0.801. The molecular weight excluding hydrogens is 204 g/mol. The van der Waals surface area contributed by atoms with Crippen LogP contribution in [0.5, 0.6) is 0 Å². The fraction of sp³-hybridized carbons (Fsp3) is 0.818. The molecule has 0 amide bonds. The van der Waals surface area contributed by atoms with Gasteiger partial charge in [-0.15, -0.1) is 0 Å². The molecule has 1 aromatic rings. The van der Waals surface area contributed by atoms with E-state index >= 15 is 0 Å². The summed E-state index contributed by atoms with van der Waals surface area (Å²) in [6.07, 6.45) is 2.26. The highest BCUT2D eigenvalue weighted by atomic mass is 16.5. The SMILES string of the molecule is Cc1nc(CNCC2(C)CCOCC2)n[nH]1. The van der Waals surface area contributed by atoms with Crippen LogP contribution in [0.3, 0.4) is 0 Å². The van der Waals surface area contributed by atoms with Gasteiger partial charge in [-0.05, 0) is 25.2 Å². The Morgan fingerprint density at radius 1 is 1.44 bits per heavy atom. The van der Waals surface area contributed by atoms with E-state index in [1.54, 1.807) is 0 Å². The summed E-state index contributed by atoms with van der Waals surface area (Å²) < 4.78 is 5.38. The van der Waals surface area contributed by atoms with Crippen molar-refractivity contribution in [2.75, 3.05) is 19.8 Å². The van der Waals surface area contributed by atoms with Gasteiger partial charge in [-0.1, -0.05) is 6.92 Å². The highest BCUT2D eigenvalue weighted by molar-refractivity contribution is 4.88. The molecule has 1 aliphatic heterocycles. The number of H-pyrrole nitrogens is 1. The lowest BCUT2D eigenvalue weighted by molar-refractivity contribution is 0.0239. The van der Waals surface area contributed by atoms with Crippen LogP contribution in [-0.4, -0.2) is 34.9 Å². The Labute approximate surface area is 96.0 Å². The number of rotatable bonds is 4. The van der Waals surface area contributed by atoms with Crippen molar-refractivity contribution < 1.29 is 4.74 Å². The number of aromatic amines is 1. The molecule has 0 spiro atoms. The molecule has 1 aliphatic rings. The normalized spacial score (nSPS) is 19.9. The summed E-state index contributed by atoms with van der Waals surface area (Å²) in [5.41, 5.74) is 0.365.